The van der Waals surface area contributed by atoms with E-state index in [2.05, 4.69) is 64.1 Å². The summed E-state index contributed by atoms with van der Waals surface area (Å²) in [5, 5.41) is 5.33. The third-order valence-corrected chi connectivity index (χ3v) is 6.23. The molecule has 0 saturated heterocycles. The number of benzene rings is 3. The van der Waals surface area contributed by atoms with Crippen molar-refractivity contribution in [1.82, 2.24) is 10.6 Å². The Balaban J connectivity index is 1.06. The lowest BCUT2D eigenvalue weighted by Gasteiger charge is -2.30. The van der Waals surface area contributed by atoms with E-state index in [-0.39, 0.29) is 13.3 Å². The lowest BCUT2D eigenvalue weighted by molar-refractivity contribution is -0.139. The summed E-state index contributed by atoms with van der Waals surface area (Å²) in [6.07, 6.45) is 1.71. The number of rotatable bonds is 6. The molecule has 0 radical (unpaired) electrons. The zero-order chi connectivity index (χ0) is 23.3. The molecule has 5 rings (SSSR count). The summed E-state index contributed by atoms with van der Waals surface area (Å²) in [5.74, 6) is 0.0391. The highest BCUT2D eigenvalue weighted by Crippen LogP contribution is 2.32. The van der Waals surface area contributed by atoms with Crippen LogP contribution in [0.2, 0.25) is 0 Å². The van der Waals surface area contributed by atoms with Crippen LogP contribution in [0.5, 0.6) is 11.5 Å². The first-order valence-corrected chi connectivity index (χ1v) is 11.5. The van der Waals surface area contributed by atoms with E-state index >= 15 is 0 Å². The second kappa shape index (κ2) is 9.87. The molecule has 0 atom stereocenters. The fourth-order valence-corrected chi connectivity index (χ4v) is 4.30. The molecule has 2 aliphatic rings. The third-order valence-electron chi connectivity index (χ3n) is 6.23. The van der Waals surface area contributed by atoms with Gasteiger partial charge in [0.15, 0.2) is 11.5 Å². The Labute approximate surface area is 198 Å². The second-order valence-corrected chi connectivity index (χ2v) is 8.48. The Hall–Kier alpha value is -4.00. The first-order chi connectivity index (χ1) is 16.7. The van der Waals surface area contributed by atoms with E-state index in [0.29, 0.717) is 24.5 Å². The van der Waals surface area contributed by atoms with E-state index in [1.165, 1.54) is 16.8 Å². The molecule has 2 heterocycles. The maximum atomic E-state index is 12.1. The Bertz CT molecular complexity index is 1190. The minimum absolute atomic E-state index is 0.197. The number of hydrogen-bond acceptors (Lipinski definition) is 5. The molecule has 0 bridgehead atoms. The van der Waals surface area contributed by atoms with Crippen molar-refractivity contribution >= 4 is 17.5 Å². The maximum absolute atomic E-state index is 12.1. The monoisotopic (exact) mass is 457 g/mol. The van der Waals surface area contributed by atoms with Crippen molar-refractivity contribution in [1.29, 1.82) is 0 Å². The molecule has 7 heteroatoms. The number of ether oxygens (including phenoxy) is 2. The molecule has 34 heavy (non-hydrogen) atoms. The molecule has 3 aromatic carbocycles. The fourth-order valence-electron chi connectivity index (χ4n) is 4.30. The summed E-state index contributed by atoms with van der Waals surface area (Å²) in [7, 11) is 0. The Kier molecular flexibility index (Phi) is 6.33. The topological polar surface area (TPSA) is 79.9 Å². The zero-order valence-corrected chi connectivity index (χ0v) is 18.9. The molecule has 2 aliphatic heterocycles. The van der Waals surface area contributed by atoms with Gasteiger partial charge in [-0.3, -0.25) is 9.59 Å². The van der Waals surface area contributed by atoms with Crippen molar-refractivity contribution in [2.45, 2.75) is 25.9 Å². The molecule has 0 aliphatic carbocycles. The van der Waals surface area contributed by atoms with E-state index in [1.54, 1.807) is 12.1 Å². The third kappa shape index (κ3) is 4.98. The molecule has 2 N–H and O–H groups in total. The van der Waals surface area contributed by atoms with Crippen molar-refractivity contribution in [3.8, 4) is 11.5 Å². The number of hydrogen-bond donors (Lipinski definition) is 2. The van der Waals surface area contributed by atoms with E-state index in [4.69, 9.17) is 9.47 Å². The molecule has 0 fully saturated rings. The van der Waals surface area contributed by atoms with Crippen molar-refractivity contribution in [3.63, 3.8) is 0 Å². The van der Waals surface area contributed by atoms with E-state index in [1.807, 2.05) is 6.07 Å². The SMILES string of the molecule is O=C(NCCc1ccc(N2CCc3ccccc3C2)cc1)C(=O)NCc1ccc2c(c1)OCO2. The highest BCUT2D eigenvalue weighted by molar-refractivity contribution is 6.35. The number of anilines is 1. The summed E-state index contributed by atoms with van der Waals surface area (Å²) in [6, 6.07) is 22.5. The highest BCUT2D eigenvalue weighted by Gasteiger charge is 2.17. The quantitative estimate of drug-likeness (QED) is 0.557. The molecule has 174 valence electrons. The second-order valence-electron chi connectivity index (χ2n) is 8.48. The number of carbonyl (C=O) groups excluding carboxylic acids is 2. The highest BCUT2D eigenvalue weighted by atomic mass is 16.7. The van der Waals surface area contributed by atoms with Crippen LogP contribution < -0.4 is 25.0 Å². The van der Waals surface area contributed by atoms with Gasteiger partial charge in [0.25, 0.3) is 0 Å². The van der Waals surface area contributed by atoms with Crippen molar-refractivity contribution in [3.05, 3.63) is 89.0 Å². The Morgan fingerprint density at radius 1 is 0.824 bits per heavy atom. The van der Waals surface area contributed by atoms with Crippen LogP contribution in [0, 0.1) is 0 Å². The standard InChI is InChI=1S/C27H27N3O4/c31-26(27(32)29-16-20-7-10-24-25(15-20)34-18-33-24)28-13-11-19-5-8-23(9-6-19)30-14-12-21-3-1-2-4-22(21)17-30/h1-10,15H,11-14,16-18H2,(H,28,31)(H,29,32). The van der Waals surface area contributed by atoms with Gasteiger partial charge in [0, 0.05) is 31.9 Å². The molecular formula is C27H27N3O4. The molecule has 0 spiro atoms. The van der Waals surface area contributed by atoms with Gasteiger partial charge in [-0.05, 0) is 59.4 Å². The van der Waals surface area contributed by atoms with Gasteiger partial charge in [0.2, 0.25) is 6.79 Å². The smallest absolute Gasteiger partial charge is 0.309 e. The predicted octanol–water partition coefficient (Wildman–Crippen LogP) is 2.95. The van der Waals surface area contributed by atoms with Crippen LogP contribution in [0.25, 0.3) is 0 Å². The van der Waals surface area contributed by atoms with Crippen LogP contribution >= 0.6 is 0 Å². The molecule has 0 aromatic heterocycles. The van der Waals surface area contributed by atoms with E-state index in [0.717, 1.165) is 30.6 Å². The predicted molar refractivity (Wildman–Crippen MR) is 129 cm³/mol. The zero-order valence-electron chi connectivity index (χ0n) is 18.9. The van der Waals surface area contributed by atoms with Crippen molar-refractivity contribution in [2.75, 3.05) is 24.8 Å². The summed E-state index contributed by atoms with van der Waals surface area (Å²) in [6.45, 7) is 2.77. The summed E-state index contributed by atoms with van der Waals surface area (Å²) < 4.78 is 10.6. The summed E-state index contributed by atoms with van der Waals surface area (Å²) >= 11 is 0. The van der Waals surface area contributed by atoms with Gasteiger partial charge in [0.1, 0.15) is 0 Å². The molecule has 0 saturated carbocycles. The lowest BCUT2D eigenvalue weighted by Crippen LogP contribution is -2.40. The molecule has 3 aromatic rings. The number of amides is 2. The first kappa shape index (κ1) is 21.8. The number of nitrogens with one attached hydrogen (secondary N) is 2. The average Bonchev–Trinajstić information content (AvgIpc) is 3.35. The first-order valence-electron chi connectivity index (χ1n) is 11.5. The largest absolute Gasteiger partial charge is 0.454 e. The van der Waals surface area contributed by atoms with Gasteiger partial charge in [-0.1, -0.05) is 42.5 Å². The molecular weight excluding hydrogens is 430 g/mol. The minimum atomic E-state index is -0.654. The van der Waals surface area contributed by atoms with Crippen LogP contribution in [0.4, 0.5) is 5.69 Å². The van der Waals surface area contributed by atoms with Crippen LogP contribution in [0.3, 0.4) is 0 Å². The minimum Gasteiger partial charge on any atom is -0.454 e. The fraction of sp³-hybridized carbons (Fsp3) is 0.259. The van der Waals surface area contributed by atoms with Crippen LogP contribution in [-0.4, -0.2) is 31.7 Å². The van der Waals surface area contributed by atoms with Crippen molar-refractivity contribution < 1.29 is 19.1 Å². The number of nitrogens with zero attached hydrogens (tertiary/aromatic N) is 1. The van der Waals surface area contributed by atoms with Gasteiger partial charge < -0.3 is 25.0 Å². The molecule has 7 nitrogen and oxygen atoms in total. The van der Waals surface area contributed by atoms with E-state index in [9.17, 15) is 9.59 Å². The molecule has 2 amide bonds. The number of carbonyl (C=O) groups is 2. The van der Waals surface area contributed by atoms with E-state index < -0.39 is 11.8 Å². The van der Waals surface area contributed by atoms with Crippen LogP contribution in [-0.2, 0) is 35.5 Å². The van der Waals surface area contributed by atoms with Crippen LogP contribution in [0.1, 0.15) is 22.3 Å². The van der Waals surface area contributed by atoms with Crippen LogP contribution in [0.15, 0.2) is 66.7 Å². The lowest BCUT2D eigenvalue weighted by atomic mass is 9.99. The Morgan fingerprint density at radius 2 is 1.56 bits per heavy atom. The van der Waals surface area contributed by atoms with Gasteiger partial charge in [-0.25, -0.2) is 0 Å². The van der Waals surface area contributed by atoms with Crippen molar-refractivity contribution in [2.24, 2.45) is 0 Å². The van der Waals surface area contributed by atoms with Gasteiger partial charge in [0.05, 0.1) is 0 Å². The normalized spacial score (nSPS) is 13.8. The maximum Gasteiger partial charge on any atom is 0.309 e. The van der Waals surface area contributed by atoms with Gasteiger partial charge >= 0.3 is 11.8 Å². The molecule has 0 unspecified atom stereocenters. The average molecular weight is 458 g/mol. The van der Waals surface area contributed by atoms with Gasteiger partial charge in [-0.15, -0.1) is 0 Å². The number of fused-ring (bicyclic) bond motifs is 2. The summed E-state index contributed by atoms with van der Waals surface area (Å²) in [4.78, 5) is 26.6. The summed E-state index contributed by atoms with van der Waals surface area (Å²) in [5.41, 5.74) is 5.97. The van der Waals surface area contributed by atoms with Gasteiger partial charge in [-0.2, -0.15) is 0 Å². The Morgan fingerprint density at radius 3 is 2.41 bits per heavy atom.